The Bertz CT molecular complexity index is 743. The highest BCUT2D eigenvalue weighted by atomic mass is 19.2. The van der Waals surface area contributed by atoms with E-state index in [0.29, 0.717) is 12.1 Å². The molecule has 8 heteroatoms. The topological polar surface area (TPSA) is 61.2 Å². The van der Waals surface area contributed by atoms with Crippen molar-refractivity contribution >= 4 is 5.97 Å². The molecule has 0 saturated carbocycles. The molecule has 1 heterocycles. The summed E-state index contributed by atoms with van der Waals surface area (Å²) in [7, 11) is 1.04. The summed E-state index contributed by atoms with van der Waals surface area (Å²) in [5, 5.41) is 3.55. The van der Waals surface area contributed by atoms with Crippen molar-refractivity contribution < 1.29 is 22.7 Å². The van der Waals surface area contributed by atoms with Crippen LogP contribution < -0.4 is 5.43 Å². The van der Waals surface area contributed by atoms with E-state index in [1.165, 1.54) is 0 Å². The van der Waals surface area contributed by atoms with Gasteiger partial charge in [0.2, 0.25) is 11.1 Å². The molecule has 0 atom stereocenters. The molecule has 0 saturated heterocycles. The maximum absolute atomic E-state index is 13.6. The Morgan fingerprint density at radius 2 is 1.85 bits per heavy atom. The standard InChI is InChI=1S/C12H7F3N2O3/c1-20-12(19)11-10(18)2-3-17(16-11)9-5-7(14)6(13)4-8(9)15/h2-5H,1H3. The molecule has 0 spiro atoms. The highest BCUT2D eigenvalue weighted by Gasteiger charge is 2.16. The van der Waals surface area contributed by atoms with E-state index >= 15 is 0 Å². The molecular formula is C12H7F3N2O3. The summed E-state index contributed by atoms with van der Waals surface area (Å²) in [6, 6.07) is 1.82. The van der Waals surface area contributed by atoms with Crippen LogP contribution in [0.1, 0.15) is 10.5 Å². The number of hydrogen-bond donors (Lipinski definition) is 0. The third kappa shape index (κ3) is 2.40. The maximum atomic E-state index is 13.6. The van der Waals surface area contributed by atoms with Crippen molar-refractivity contribution in [1.82, 2.24) is 9.78 Å². The van der Waals surface area contributed by atoms with Crippen molar-refractivity contribution in [3.8, 4) is 5.69 Å². The van der Waals surface area contributed by atoms with Crippen molar-refractivity contribution in [2.45, 2.75) is 0 Å². The summed E-state index contributed by atoms with van der Waals surface area (Å²) in [5.74, 6) is -4.77. The normalized spacial score (nSPS) is 10.4. The molecule has 0 fully saturated rings. The highest BCUT2D eigenvalue weighted by Crippen LogP contribution is 2.16. The molecule has 20 heavy (non-hydrogen) atoms. The second-order valence-corrected chi connectivity index (χ2v) is 3.68. The SMILES string of the molecule is COC(=O)c1nn(-c2cc(F)c(F)cc2F)ccc1=O. The van der Waals surface area contributed by atoms with E-state index in [9.17, 15) is 22.8 Å². The van der Waals surface area contributed by atoms with Gasteiger partial charge in [-0.25, -0.2) is 22.6 Å². The Morgan fingerprint density at radius 3 is 2.50 bits per heavy atom. The van der Waals surface area contributed by atoms with Crippen LogP contribution >= 0.6 is 0 Å². The van der Waals surface area contributed by atoms with Gasteiger partial charge in [-0.3, -0.25) is 4.79 Å². The van der Waals surface area contributed by atoms with Gasteiger partial charge in [0.15, 0.2) is 17.5 Å². The summed E-state index contributed by atoms with van der Waals surface area (Å²) in [6.07, 6.45) is 1.02. The molecule has 0 aliphatic heterocycles. The van der Waals surface area contributed by atoms with E-state index in [2.05, 4.69) is 9.84 Å². The van der Waals surface area contributed by atoms with Crippen LogP contribution in [0.25, 0.3) is 5.69 Å². The lowest BCUT2D eigenvalue weighted by atomic mass is 10.3. The van der Waals surface area contributed by atoms with Crippen molar-refractivity contribution in [3.63, 3.8) is 0 Å². The Balaban J connectivity index is 2.62. The van der Waals surface area contributed by atoms with Gasteiger partial charge in [-0.1, -0.05) is 0 Å². The minimum atomic E-state index is -1.36. The van der Waals surface area contributed by atoms with Gasteiger partial charge in [0, 0.05) is 24.4 Å². The summed E-state index contributed by atoms with van der Waals surface area (Å²) in [5.41, 5.74) is -1.79. The molecule has 2 aromatic rings. The zero-order valence-corrected chi connectivity index (χ0v) is 10.1. The van der Waals surface area contributed by atoms with Crippen LogP contribution in [0.15, 0.2) is 29.2 Å². The monoisotopic (exact) mass is 284 g/mol. The average molecular weight is 284 g/mol. The van der Waals surface area contributed by atoms with Crippen LogP contribution in [0, 0.1) is 17.5 Å². The second kappa shape index (κ2) is 5.16. The fourth-order valence-corrected chi connectivity index (χ4v) is 1.47. The van der Waals surface area contributed by atoms with Crippen LogP contribution in [-0.2, 0) is 4.74 Å². The van der Waals surface area contributed by atoms with E-state index < -0.39 is 40.2 Å². The largest absolute Gasteiger partial charge is 0.464 e. The molecule has 0 N–H and O–H groups in total. The quantitative estimate of drug-likeness (QED) is 0.618. The first-order valence-electron chi connectivity index (χ1n) is 5.27. The van der Waals surface area contributed by atoms with Crippen molar-refractivity contribution in [2.75, 3.05) is 7.11 Å². The number of carbonyl (C=O) groups is 1. The third-order valence-electron chi connectivity index (χ3n) is 2.42. The molecule has 0 unspecified atom stereocenters. The molecule has 1 aromatic carbocycles. The van der Waals surface area contributed by atoms with Crippen molar-refractivity contribution in [3.05, 3.63) is 57.8 Å². The van der Waals surface area contributed by atoms with Crippen LogP contribution in [0.5, 0.6) is 0 Å². The number of benzene rings is 1. The molecular weight excluding hydrogens is 277 g/mol. The van der Waals surface area contributed by atoms with Crippen LogP contribution in [0.3, 0.4) is 0 Å². The zero-order valence-electron chi connectivity index (χ0n) is 10.1. The number of carbonyl (C=O) groups excluding carboxylic acids is 1. The van der Waals surface area contributed by atoms with Gasteiger partial charge in [0.1, 0.15) is 5.69 Å². The Kier molecular flexibility index (Phi) is 3.55. The molecule has 104 valence electrons. The predicted octanol–water partition coefficient (Wildman–Crippen LogP) is 1.44. The van der Waals surface area contributed by atoms with Gasteiger partial charge in [0.05, 0.1) is 7.11 Å². The first-order chi connectivity index (χ1) is 9.43. The third-order valence-corrected chi connectivity index (χ3v) is 2.42. The Hall–Kier alpha value is -2.64. The van der Waals surface area contributed by atoms with Crippen LogP contribution in [0.2, 0.25) is 0 Å². The Labute approximate surface area is 110 Å². The predicted molar refractivity (Wildman–Crippen MR) is 61.0 cm³/mol. The number of aromatic nitrogens is 2. The fraction of sp³-hybridized carbons (Fsp3) is 0.0833. The van der Waals surface area contributed by atoms with Crippen molar-refractivity contribution in [1.29, 1.82) is 0 Å². The van der Waals surface area contributed by atoms with Gasteiger partial charge in [0.25, 0.3) is 0 Å². The van der Waals surface area contributed by atoms with E-state index in [4.69, 9.17) is 0 Å². The lowest BCUT2D eigenvalue weighted by molar-refractivity contribution is 0.0590. The first kappa shape index (κ1) is 13.8. The second-order valence-electron chi connectivity index (χ2n) is 3.68. The van der Waals surface area contributed by atoms with Gasteiger partial charge in [-0.2, -0.15) is 5.10 Å². The molecule has 0 amide bonds. The average Bonchev–Trinajstić information content (AvgIpc) is 2.43. The first-order valence-corrected chi connectivity index (χ1v) is 5.27. The highest BCUT2D eigenvalue weighted by molar-refractivity contribution is 5.86. The molecule has 0 aliphatic carbocycles. The molecule has 5 nitrogen and oxygen atoms in total. The molecule has 0 bridgehead atoms. The smallest absolute Gasteiger partial charge is 0.362 e. The van der Waals surface area contributed by atoms with Crippen molar-refractivity contribution in [2.24, 2.45) is 0 Å². The lowest BCUT2D eigenvalue weighted by Gasteiger charge is -2.08. The minimum Gasteiger partial charge on any atom is -0.464 e. The lowest BCUT2D eigenvalue weighted by Crippen LogP contribution is -2.22. The summed E-state index contributed by atoms with van der Waals surface area (Å²) in [4.78, 5) is 22.7. The fourth-order valence-electron chi connectivity index (χ4n) is 1.47. The maximum Gasteiger partial charge on any atom is 0.362 e. The zero-order chi connectivity index (χ0) is 14.9. The van der Waals surface area contributed by atoms with E-state index in [-0.39, 0.29) is 0 Å². The number of methoxy groups -OCH3 is 1. The number of ether oxygens (including phenoxy) is 1. The minimum absolute atomic E-state index is 0.336. The number of hydrogen-bond acceptors (Lipinski definition) is 4. The molecule has 0 radical (unpaired) electrons. The van der Waals surface area contributed by atoms with Gasteiger partial charge in [-0.05, 0) is 0 Å². The van der Waals surface area contributed by atoms with Gasteiger partial charge < -0.3 is 4.74 Å². The van der Waals surface area contributed by atoms with Crippen LogP contribution in [0.4, 0.5) is 13.2 Å². The number of halogens is 3. The molecule has 2 rings (SSSR count). The van der Waals surface area contributed by atoms with Crippen LogP contribution in [-0.4, -0.2) is 22.9 Å². The van der Waals surface area contributed by atoms with Gasteiger partial charge in [-0.15, -0.1) is 0 Å². The molecule has 0 aliphatic rings. The summed E-state index contributed by atoms with van der Waals surface area (Å²) < 4.78 is 44.6. The van der Waals surface area contributed by atoms with Gasteiger partial charge >= 0.3 is 5.97 Å². The summed E-state index contributed by atoms with van der Waals surface area (Å²) in [6.45, 7) is 0. The number of nitrogens with zero attached hydrogens (tertiary/aromatic N) is 2. The Morgan fingerprint density at radius 1 is 1.20 bits per heavy atom. The molecule has 1 aromatic heterocycles. The number of rotatable bonds is 2. The van der Waals surface area contributed by atoms with E-state index in [0.717, 1.165) is 24.1 Å². The van der Waals surface area contributed by atoms with E-state index in [1.54, 1.807) is 0 Å². The van der Waals surface area contributed by atoms with E-state index in [1.807, 2.05) is 0 Å². The summed E-state index contributed by atoms with van der Waals surface area (Å²) >= 11 is 0. The number of esters is 1.